The standard InChI is InChI=1S/C22H31N5O5S2/c1-12(2)18-24-25-22(27(18)10-14-8-7-9-32-14)33-11-15(28)23-19-16(21(30)31-6)13(3)17(34-19)20(29)26(4)5/h12,14H,7-11H2,1-6H3,(H,23,28). The molecule has 0 aliphatic carbocycles. The number of anilines is 1. The molecule has 1 aliphatic heterocycles. The third-order valence-electron chi connectivity index (χ3n) is 5.39. The van der Waals surface area contributed by atoms with Gasteiger partial charge in [-0.05, 0) is 25.3 Å². The van der Waals surface area contributed by atoms with Crippen LogP contribution in [0.1, 0.15) is 64.0 Å². The highest BCUT2D eigenvalue weighted by molar-refractivity contribution is 7.99. The number of carbonyl (C=O) groups is 3. The highest BCUT2D eigenvalue weighted by atomic mass is 32.2. The van der Waals surface area contributed by atoms with E-state index in [0.29, 0.717) is 27.1 Å². The Labute approximate surface area is 207 Å². The molecule has 1 fully saturated rings. The number of amides is 2. The maximum absolute atomic E-state index is 12.8. The summed E-state index contributed by atoms with van der Waals surface area (Å²) in [6.07, 6.45) is 2.14. The smallest absolute Gasteiger partial charge is 0.341 e. The van der Waals surface area contributed by atoms with Gasteiger partial charge in [0.1, 0.15) is 10.8 Å². The van der Waals surface area contributed by atoms with Crippen molar-refractivity contribution in [3.05, 3.63) is 21.8 Å². The number of thioether (sulfide) groups is 1. The molecule has 0 spiro atoms. The molecule has 1 aliphatic rings. The number of rotatable bonds is 9. The Bertz CT molecular complexity index is 1060. The predicted octanol–water partition coefficient (Wildman–Crippen LogP) is 3.17. The molecule has 0 radical (unpaired) electrons. The lowest BCUT2D eigenvalue weighted by molar-refractivity contribution is -0.113. The van der Waals surface area contributed by atoms with Gasteiger partial charge in [-0.25, -0.2) is 4.79 Å². The minimum Gasteiger partial charge on any atom is -0.465 e. The van der Waals surface area contributed by atoms with E-state index in [-0.39, 0.29) is 35.2 Å². The number of nitrogens with one attached hydrogen (secondary N) is 1. The molecule has 0 aromatic carbocycles. The lowest BCUT2D eigenvalue weighted by Gasteiger charge is -2.15. The zero-order chi connectivity index (χ0) is 25.0. The fourth-order valence-corrected chi connectivity index (χ4v) is 5.63. The second-order valence-corrected chi connectivity index (χ2v) is 10.5. The quantitative estimate of drug-likeness (QED) is 0.405. The maximum atomic E-state index is 12.8. The number of hydrogen-bond donors (Lipinski definition) is 1. The third kappa shape index (κ3) is 5.78. The van der Waals surface area contributed by atoms with Crippen LogP contribution in [0.25, 0.3) is 0 Å². The van der Waals surface area contributed by atoms with Crippen LogP contribution in [0.3, 0.4) is 0 Å². The number of methoxy groups -OCH3 is 1. The van der Waals surface area contributed by atoms with Crippen LogP contribution in [0.5, 0.6) is 0 Å². The lowest BCUT2D eigenvalue weighted by atomic mass is 10.1. The molecule has 0 saturated carbocycles. The third-order valence-corrected chi connectivity index (χ3v) is 7.56. The lowest BCUT2D eigenvalue weighted by Crippen LogP contribution is -2.21. The van der Waals surface area contributed by atoms with E-state index in [9.17, 15) is 14.4 Å². The normalized spacial score (nSPS) is 15.6. The van der Waals surface area contributed by atoms with Crippen molar-refractivity contribution in [3.8, 4) is 0 Å². The number of nitrogens with zero attached hydrogens (tertiary/aromatic N) is 4. The van der Waals surface area contributed by atoms with Gasteiger partial charge in [-0.15, -0.1) is 21.5 Å². The van der Waals surface area contributed by atoms with E-state index < -0.39 is 5.97 Å². The first-order valence-corrected chi connectivity index (χ1v) is 12.8. The Morgan fingerprint density at radius 2 is 2.06 bits per heavy atom. The summed E-state index contributed by atoms with van der Waals surface area (Å²) < 4.78 is 12.7. The van der Waals surface area contributed by atoms with E-state index in [0.717, 1.165) is 36.6 Å². The molecular weight excluding hydrogens is 478 g/mol. The number of esters is 1. The molecule has 3 rings (SSSR count). The summed E-state index contributed by atoms with van der Waals surface area (Å²) in [6, 6.07) is 0. The first-order valence-electron chi connectivity index (χ1n) is 11.0. The van der Waals surface area contributed by atoms with E-state index >= 15 is 0 Å². The SMILES string of the molecule is COC(=O)c1c(NC(=O)CSc2nnc(C(C)C)n2CC2CCCO2)sc(C(=O)N(C)C)c1C. The average molecular weight is 510 g/mol. The van der Waals surface area contributed by atoms with Crippen LogP contribution in [0.4, 0.5) is 5.00 Å². The van der Waals surface area contributed by atoms with Crippen LogP contribution in [0.15, 0.2) is 5.16 Å². The molecule has 12 heteroatoms. The largest absolute Gasteiger partial charge is 0.465 e. The Morgan fingerprint density at radius 3 is 2.65 bits per heavy atom. The zero-order valence-electron chi connectivity index (χ0n) is 20.3. The number of ether oxygens (including phenoxy) is 2. The Kier molecular flexibility index (Phi) is 8.72. The molecule has 186 valence electrons. The summed E-state index contributed by atoms with van der Waals surface area (Å²) in [5.74, 6) is -0.0686. The Morgan fingerprint density at radius 1 is 1.32 bits per heavy atom. The van der Waals surface area contributed by atoms with E-state index in [1.807, 2.05) is 4.57 Å². The highest BCUT2D eigenvalue weighted by Gasteiger charge is 2.27. The summed E-state index contributed by atoms with van der Waals surface area (Å²) in [4.78, 5) is 39.5. The van der Waals surface area contributed by atoms with Crippen LogP contribution in [0, 0.1) is 6.92 Å². The van der Waals surface area contributed by atoms with Crippen molar-refractivity contribution in [1.82, 2.24) is 19.7 Å². The van der Waals surface area contributed by atoms with Crippen molar-refractivity contribution in [2.24, 2.45) is 0 Å². The summed E-state index contributed by atoms with van der Waals surface area (Å²) in [5.41, 5.74) is 0.677. The molecule has 1 saturated heterocycles. The van der Waals surface area contributed by atoms with Gasteiger partial charge < -0.3 is 24.3 Å². The van der Waals surface area contributed by atoms with Crippen molar-refractivity contribution in [2.45, 2.75) is 57.3 Å². The van der Waals surface area contributed by atoms with Crippen LogP contribution in [0.2, 0.25) is 0 Å². The molecule has 2 amide bonds. The fourth-order valence-electron chi connectivity index (χ4n) is 3.65. The second-order valence-electron chi connectivity index (χ2n) is 8.53. The molecule has 2 aromatic rings. The van der Waals surface area contributed by atoms with Crippen molar-refractivity contribution < 1.29 is 23.9 Å². The van der Waals surface area contributed by atoms with Crippen LogP contribution in [-0.4, -0.2) is 77.1 Å². The van der Waals surface area contributed by atoms with Crippen molar-refractivity contribution in [3.63, 3.8) is 0 Å². The van der Waals surface area contributed by atoms with E-state index in [1.54, 1.807) is 21.0 Å². The molecule has 1 N–H and O–H groups in total. The number of hydrogen-bond acceptors (Lipinski definition) is 9. The van der Waals surface area contributed by atoms with Crippen LogP contribution >= 0.6 is 23.1 Å². The fraction of sp³-hybridized carbons (Fsp3) is 0.591. The molecule has 2 aromatic heterocycles. The Hall–Kier alpha value is -2.44. The summed E-state index contributed by atoms with van der Waals surface area (Å²) in [7, 11) is 4.53. The zero-order valence-corrected chi connectivity index (χ0v) is 22.0. The molecular formula is C22H31N5O5S2. The first kappa shape index (κ1) is 26.2. The average Bonchev–Trinajstić information content (AvgIpc) is 3.51. The molecule has 3 heterocycles. The number of aromatic nitrogens is 3. The molecule has 1 unspecified atom stereocenters. The second kappa shape index (κ2) is 11.3. The molecule has 1 atom stereocenters. The van der Waals surface area contributed by atoms with Crippen molar-refractivity contribution in [2.75, 3.05) is 38.9 Å². The van der Waals surface area contributed by atoms with Gasteiger partial charge in [0, 0.05) is 26.6 Å². The number of thiophene rings is 1. The Balaban J connectivity index is 1.76. The van der Waals surface area contributed by atoms with Gasteiger partial charge in [-0.1, -0.05) is 25.6 Å². The molecule has 34 heavy (non-hydrogen) atoms. The van der Waals surface area contributed by atoms with Crippen molar-refractivity contribution in [1.29, 1.82) is 0 Å². The summed E-state index contributed by atoms with van der Waals surface area (Å²) >= 11 is 2.34. The maximum Gasteiger partial charge on any atom is 0.341 e. The van der Waals surface area contributed by atoms with Crippen molar-refractivity contribution >= 4 is 45.9 Å². The first-order chi connectivity index (χ1) is 16.1. The van der Waals surface area contributed by atoms with Gasteiger partial charge in [0.05, 0.1) is 36.0 Å². The molecule has 10 nitrogen and oxygen atoms in total. The highest BCUT2D eigenvalue weighted by Crippen LogP contribution is 2.34. The van der Waals surface area contributed by atoms with Crippen LogP contribution < -0.4 is 5.32 Å². The summed E-state index contributed by atoms with van der Waals surface area (Å²) in [5, 5.41) is 12.3. The van der Waals surface area contributed by atoms with E-state index in [4.69, 9.17) is 9.47 Å². The minimum absolute atomic E-state index is 0.0657. The minimum atomic E-state index is -0.604. The van der Waals surface area contributed by atoms with E-state index in [2.05, 4.69) is 29.4 Å². The predicted molar refractivity (Wildman–Crippen MR) is 131 cm³/mol. The molecule has 0 bridgehead atoms. The van der Waals surface area contributed by atoms with Gasteiger partial charge in [-0.3, -0.25) is 9.59 Å². The van der Waals surface area contributed by atoms with E-state index in [1.165, 1.54) is 23.8 Å². The van der Waals surface area contributed by atoms with Gasteiger partial charge in [0.15, 0.2) is 5.16 Å². The number of carbonyl (C=O) groups excluding carboxylic acids is 3. The van der Waals surface area contributed by atoms with Gasteiger partial charge >= 0.3 is 5.97 Å². The van der Waals surface area contributed by atoms with Gasteiger partial charge in [0.2, 0.25) is 5.91 Å². The topological polar surface area (TPSA) is 116 Å². The van der Waals surface area contributed by atoms with Gasteiger partial charge in [0.25, 0.3) is 5.91 Å². The summed E-state index contributed by atoms with van der Waals surface area (Å²) in [6.45, 7) is 7.19. The monoisotopic (exact) mass is 509 g/mol. The van der Waals surface area contributed by atoms with Crippen LogP contribution in [-0.2, 0) is 20.8 Å². The van der Waals surface area contributed by atoms with Gasteiger partial charge in [-0.2, -0.15) is 0 Å².